The molecule has 1 N–H and O–H groups in total. The van der Waals surface area contributed by atoms with Crippen LogP contribution in [0.5, 0.6) is 5.75 Å². The summed E-state index contributed by atoms with van der Waals surface area (Å²) in [5.74, 6) is -0.281. The van der Waals surface area contributed by atoms with Crippen LogP contribution < -0.4 is 4.74 Å². The van der Waals surface area contributed by atoms with Gasteiger partial charge in [-0.1, -0.05) is 42.0 Å². The molecule has 0 amide bonds. The molecule has 0 bridgehead atoms. The molecule has 5 heteroatoms. The molecule has 0 aliphatic carbocycles. The lowest BCUT2D eigenvalue weighted by Gasteiger charge is -2.16. The summed E-state index contributed by atoms with van der Waals surface area (Å²) in [7, 11) is 0. The number of hydrogen-bond donors (Lipinski definition) is 1. The van der Waals surface area contributed by atoms with Crippen molar-refractivity contribution in [2.24, 2.45) is 0 Å². The molecular formula is C16H15F3O2. The Morgan fingerprint density at radius 1 is 1.10 bits per heavy atom. The number of rotatable bonds is 4. The second kappa shape index (κ2) is 6.18. The van der Waals surface area contributed by atoms with Crippen molar-refractivity contribution in [3.05, 3.63) is 65.2 Å². The first-order chi connectivity index (χ1) is 9.88. The van der Waals surface area contributed by atoms with E-state index in [9.17, 15) is 18.3 Å². The number of alkyl halides is 3. The Morgan fingerprint density at radius 3 is 2.48 bits per heavy atom. The minimum Gasteiger partial charge on any atom is -0.490 e. The van der Waals surface area contributed by atoms with Gasteiger partial charge in [-0.2, -0.15) is 13.2 Å². The van der Waals surface area contributed by atoms with Crippen molar-refractivity contribution in [1.82, 2.24) is 0 Å². The third kappa shape index (κ3) is 3.98. The summed E-state index contributed by atoms with van der Waals surface area (Å²) in [5.41, 5.74) is 0.725. The van der Waals surface area contributed by atoms with Gasteiger partial charge >= 0.3 is 6.18 Å². The van der Waals surface area contributed by atoms with Crippen LogP contribution in [0.3, 0.4) is 0 Å². The second-order valence-electron chi connectivity index (χ2n) is 4.73. The Bertz CT molecular complexity index is 608. The Labute approximate surface area is 120 Å². The van der Waals surface area contributed by atoms with Gasteiger partial charge in [-0.25, -0.2) is 0 Å². The molecule has 2 aromatic rings. The first-order valence-corrected chi connectivity index (χ1v) is 6.41. The molecule has 0 heterocycles. The normalized spacial score (nSPS) is 13.0. The highest BCUT2D eigenvalue weighted by molar-refractivity contribution is 5.35. The molecule has 21 heavy (non-hydrogen) atoms. The standard InChI is InChI=1S/C16H15F3O2/c1-11-5-4-6-12(9-11)14(20)10-21-15-8-3-2-7-13(15)16(17,18)19/h2-9,14,20H,10H2,1H3. The van der Waals surface area contributed by atoms with E-state index >= 15 is 0 Å². The van der Waals surface area contributed by atoms with Crippen molar-refractivity contribution < 1.29 is 23.0 Å². The molecule has 2 aromatic carbocycles. The van der Waals surface area contributed by atoms with Crippen LogP contribution in [-0.4, -0.2) is 11.7 Å². The number of halogens is 3. The molecular weight excluding hydrogens is 281 g/mol. The molecule has 0 saturated heterocycles. The van der Waals surface area contributed by atoms with Crippen molar-refractivity contribution in [2.45, 2.75) is 19.2 Å². The van der Waals surface area contributed by atoms with Crippen LogP contribution in [-0.2, 0) is 6.18 Å². The number of ether oxygens (including phenoxy) is 1. The van der Waals surface area contributed by atoms with E-state index < -0.39 is 17.8 Å². The molecule has 0 aromatic heterocycles. The lowest BCUT2D eigenvalue weighted by Crippen LogP contribution is -2.13. The molecule has 112 valence electrons. The van der Waals surface area contributed by atoms with Crippen molar-refractivity contribution in [3.63, 3.8) is 0 Å². The third-order valence-corrected chi connectivity index (χ3v) is 3.02. The van der Waals surface area contributed by atoms with Crippen molar-refractivity contribution >= 4 is 0 Å². The van der Waals surface area contributed by atoms with E-state index in [0.717, 1.165) is 11.6 Å². The van der Waals surface area contributed by atoms with E-state index in [0.29, 0.717) is 5.56 Å². The smallest absolute Gasteiger partial charge is 0.419 e. The molecule has 0 saturated carbocycles. The van der Waals surface area contributed by atoms with Crippen LogP contribution in [0.2, 0.25) is 0 Å². The topological polar surface area (TPSA) is 29.5 Å². The zero-order valence-electron chi connectivity index (χ0n) is 11.4. The first kappa shape index (κ1) is 15.4. The van der Waals surface area contributed by atoms with Gasteiger partial charge in [0.1, 0.15) is 18.5 Å². The molecule has 2 rings (SSSR count). The Balaban J connectivity index is 2.10. The number of aliphatic hydroxyl groups is 1. The average Bonchev–Trinajstić information content (AvgIpc) is 2.44. The van der Waals surface area contributed by atoms with Gasteiger partial charge in [0, 0.05) is 0 Å². The lowest BCUT2D eigenvalue weighted by atomic mass is 10.1. The van der Waals surface area contributed by atoms with E-state index in [4.69, 9.17) is 4.74 Å². The number of benzene rings is 2. The van der Waals surface area contributed by atoms with Gasteiger partial charge in [0.15, 0.2) is 0 Å². The zero-order valence-corrected chi connectivity index (χ0v) is 11.4. The van der Waals surface area contributed by atoms with Gasteiger partial charge < -0.3 is 9.84 Å². The highest BCUT2D eigenvalue weighted by atomic mass is 19.4. The minimum atomic E-state index is -4.48. The maximum absolute atomic E-state index is 12.8. The monoisotopic (exact) mass is 296 g/mol. The molecule has 0 fully saturated rings. The van der Waals surface area contributed by atoms with Crippen LogP contribution in [0.4, 0.5) is 13.2 Å². The van der Waals surface area contributed by atoms with E-state index in [2.05, 4.69) is 0 Å². The number of aryl methyl sites for hydroxylation is 1. The van der Waals surface area contributed by atoms with Gasteiger partial charge in [0.2, 0.25) is 0 Å². The van der Waals surface area contributed by atoms with Crippen LogP contribution in [0.15, 0.2) is 48.5 Å². The Morgan fingerprint density at radius 2 is 1.81 bits per heavy atom. The highest BCUT2D eigenvalue weighted by Gasteiger charge is 2.34. The summed E-state index contributed by atoms with van der Waals surface area (Å²) in [6.07, 6.45) is -5.46. The van der Waals surface area contributed by atoms with Gasteiger partial charge in [0.05, 0.1) is 5.56 Å². The van der Waals surface area contributed by atoms with Crippen LogP contribution >= 0.6 is 0 Å². The molecule has 1 unspecified atom stereocenters. The quantitative estimate of drug-likeness (QED) is 0.919. The number of para-hydroxylation sites is 1. The van der Waals surface area contributed by atoms with Crippen LogP contribution in [0.1, 0.15) is 22.8 Å². The zero-order chi connectivity index (χ0) is 15.5. The van der Waals surface area contributed by atoms with Crippen LogP contribution in [0, 0.1) is 6.92 Å². The van der Waals surface area contributed by atoms with Gasteiger partial charge in [-0.15, -0.1) is 0 Å². The van der Waals surface area contributed by atoms with Gasteiger partial charge in [0.25, 0.3) is 0 Å². The SMILES string of the molecule is Cc1cccc(C(O)COc2ccccc2C(F)(F)F)c1. The predicted octanol–water partition coefficient (Wildman–Crippen LogP) is 4.13. The summed E-state index contributed by atoms with van der Waals surface area (Å²) >= 11 is 0. The fourth-order valence-electron chi connectivity index (χ4n) is 1.97. The van der Waals surface area contributed by atoms with Crippen molar-refractivity contribution in [1.29, 1.82) is 0 Å². The molecule has 0 aliphatic rings. The highest BCUT2D eigenvalue weighted by Crippen LogP contribution is 2.36. The summed E-state index contributed by atoms with van der Waals surface area (Å²) in [4.78, 5) is 0. The summed E-state index contributed by atoms with van der Waals surface area (Å²) in [6, 6.07) is 12.1. The maximum atomic E-state index is 12.8. The van der Waals surface area contributed by atoms with E-state index in [1.807, 2.05) is 13.0 Å². The Hall–Kier alpha value is -2.01. The Kier molecular flexibility index (Phi) is 4.53. The van der Waals surface area contributed by atoms with Crippen LogP contribution in [0.25, 0.3) is 0 Å². The van der Waals surface area contributed by atoms with Crippen molar-refractivity contribution in [2.75, 3.05) is 6.61 Å². The van der Waals surface area contributed by atoms with E-state index in [1.54, 1.807) is 18.2 Å². The molecule has 0 radical (unpaired) electrons. The average molecular weight is 296 g/mol. The largest absolute Gasteiger partial charge is 0.490 e. The van der Waals surface area contributed by atoms with E-state index in [-0.39, 0.29) is 12.4 Å². The van der Waals surface area contributed by atoms with Crippen molar-refractivity contribution in [3.8, 4) is 5.75 Å². The second-order valence-corrected chi connectivity index (χ2v) is 4.73. The molecule has 2 nitrogen and oxygen atoms in total. The third-order valence-electron chi connectivity index (χ3n) is 3.02. The maximum Gasteiger partial charge on any atom is 0.419 e. The van der Waals surface area contributed by atoms with Gasteiger partial charge in [-0.05, 0) is 24.6 Å². The molecule has 1 atom stereocenters. The lowest BCUT2D eigenvalue weighted by molar-refractivity contribution is -0.139. The van der Waals surface area contributed by atoms with Gasteiger partial charge in [-0.3, -0.25) is 0 Å². The summed E-state index contributed by atoms with van der Waals surface area (Å²) < 4.78 is 43.6. The molecule has 0 spiro atoms. The minimum absolute atomic E-state index is 0.240. The predicted molar refractivity (Wildman–Crippen MR) is 73.1 cm³/mol. The van der Waals surface area contributed by atoms with E-state index in [1.165, 1.54) is 18.2 Å². The number of hydrogen-bond acceptors (Lipinski definition) is 2. The molecule has 0 aliphatic heterocycles. The first-order valence-electron chi connectivity index (χ1n) is 6.41. The fourth-order valence-corrected chi connectivity index (χ4v) is 1.97. The summed E-state index contributed by atoms with van der Waals surface area (Å²) in [5, 5.41) is 9.99. The number of aliphatic hydroxyl groups excluding tert-OH is 1. The fraction of sp³-hybridized carbons (Fsp3) is 0.250. The summed E-state index contributed by atoms with van der Waals surface area (Å²) in [6.45, 7) is 1.63.